The van der Waals surface area contributed by atoms with Gasteiger partial charge in [0.1, 0.15) is 5.75 Å². The van der Waals surface area contributed by atoms with E-state index in [-0.39, 0.29) is 62.0 Å². The van der Waals surface area contributed by atoms with Crippen molar-refractivity contribution in [2.75, 3.05) is 0 Å². The van der Waals surface area contributed by atoms with Gasteiger partial charge < -0.3 is 7.04 Å². The van der Waals surface area contributed by atoms with E-state index in [1.165, 1.54) is 63.4 Å². The second kappa shape index (κ2) is 16.7. The molecule has 0 bridgehead atoms. The SMILES string of the molecule is CCCCCCCCCCc1ccc(OS)cc1.[H-].[H-].[Na+].[Na+]. The summed E-state index contributed by atoms with van der Waals surface area (Å²) in [5, 5.41) is 0. The van der Waals surface area contributed by atoms with Gasteiger partial charge in [0.25, 0.3) is 0 Å². The molecule has 0 amide bonds. The number of hydrogen-bond acceptors (Lipinski definition) is 2. The molecule has 20 heavy (non-hydrogen) atoms. The minimum atomic E-state index is 0. The molecule has 0 aliphatic rings. The van der Waals surface area contributed by atoms with Crippen molar-refractivity contribution < 1.29 is 66.2 Å². The van der Waals surface area contributed by atoms with Gasteiger partial charge in [-0.1, -0.05) is 64.0 Å². The molecule has 0 aliphatic heterocycles. The third kappa shape index (κ3) is 12.0. The molecule has 4 heteroatoms. The molecule has 0 atom stereocenters. The van der Waals surface area contributed by atoms with Gasteiger partial charge in [0.05, 0.1) is 0 Å². The van der Waals surface area contributed by atoms with Gasteiger partial charge in [0, 0.05) is 12.9 Å². The normalized spacial score (nSPS) is 9.50. The first-order valence-electron chi connectivity index (χ1n) is 7.27. The average molecular weight is 314 g/mol. The Labute approximate surface area is 177 Å². The summed E-state index contributed by atoms with van der Waals surface area (Å²) in [4.78, 5) is 0. The fourth-order valence-corrected chi connectivity index (χ4v) is 2.30. The molecule has 0 fully saturated rings. The predicted octanol–water partition coefficient (Wildman–Crippen LogP) is -0.174. The van der Waals surface area contributed by atoms with Crippen LogP contribution in [0.2, 0.25) is 0 Å². The maximum absolute atomic E-state index is 4.85. The van der Waals surface area contributed by atoms with Crippen LogP contribution in [0.25, 0.3) is 0 Å². The average Bonchev–Trinajstić information content (AvgIpc) is 2.42. The summed E-state index contributed by atoms with van der Waals surface area (Å²) >= 11 is 3.78. The summed E-state index contributed by atoms with van der Waals surface area (Å²) in [5.74, 6) is 0.818. The predicted molar refractivity (Wildman–Crippen MR) is 84.6 cm³/mol. The second-order valence-corrected chi connectivity index (χ2v) is 5.14. The first-order valence-corrected chi connectivity index (χ1v) is 7.63. The fourth-order valence-electron chi connectivity index (χ4n) is 2.18. The zero-order valence-corrected chi connectivity index (χ0v) is 18.4. The zero-order valence-electron chi connectivity index (χ0n) is 15.5. The van der Waals surface area contributed by atoms with E-state index in [0.717, 1.165) is 5.75 Å². The van der Waals surface area contributed by atoms with Gasteiger partial charge in [-0.15, -0.1) is 0 Å². The molecule has 0 N–H and O–H groups in total. The van der Waals surface area contributed by atoms with E-state index >= 15 is 0 Å². The van der Waals surface area contributed by atoms with E-state index in [1.54, 1.807) is 0 Å². The molecule has 0 radical (unpaired) electrons. The Kier molecular flexibility index (Phi) is 19.8. The number of benzene rings is 1. The summed E-state index contributed by atoms with van der Waals surface area (Å²) < 4.78 is 4.85. The van der Waals surface area contributed by atoms with Crippen molar-refractivity contribution in [3.8, 4) is 5.75 Å². The molecular weight excluding hydrogens is 286 g/mol. The Morgan fingerprint density at radius 3 is 1.85 bits per heavy atom. The monoisotopic (exact) mass is 314 g/mol. The molecule has 0 saturated heterocycles. The maximum Gasteiger partial charge on any atom is 1.00 e. The van der Waals surface area contributed by atoms with Gasteiger partial charge in [0.15, 0.2) is 0 Å². The van der Waals surface area contributed by atoms with Crippen molar-refractivity contribution in [2.45, 2.75) is 64.7 Å². The minimum Gasteiger partial charge on any atom is -1.00 e. The van der Waals surface area contributed by atoms with Crippen LogP contribution < -0.4 is 63.3 Å². The standard InChI is InChI=1S/C16H26OS.2Na.2H/c1-2-3-4-5-6-7-8-9-10-15-11-13-16(17-18)14-12-15;;;;/h11-14,18H,2-10H2,1H3;;;;/q;2*+1;2*-1. The largest absolute Gasteiger partial charge is 1.00 e. The van der Waals surface area contributed by atoms with Crippen molar-refractivity contribution in [2.24, 2.45) is 0 Å². The second-order valence-electron chi connectivity index (χ2n) is 4.96. The molecule has 0 saturated carbocycles. The summed E-state index contributed by atoms with van der Waals surface area (Å²) in [6.45, 7) is 2.27. The van der Waals surface area contributed by atoms with Crippen LogP contribution in [0.4, 0.5) is 0 Å². The first-order chi connectivity index (χ1) is 8.86. The number of rotatable bonds is 10. The van der Waals surface area contributed by atoms with Crippen LogP contribution in [-0.4, -0.2) is 0 Å². The van der Waals surface area contributed by atoms with E-state index in [4.69, 9.17) is 4.18 Å². The summed E-state index contributed by atoms with van der Waals surface area (Å²) in [6, 6.07) is 8.22. The van der Waals surface area contributed by atoms with E-state index in [1.807, 2.05) is 12.1 Å². The van der Waals surface area contributed by atoms with Crippen molar-refractivity contribution in [3.63, 3.8) is 0 Å². The Morgan fingerprint density at radius 2 is 1.35 bits per heavy atom. The summed E-state index contributed by atoms with van der Waals surface area (Å²) in [5.41, 5.74) is 1.40. The molecule has 0 aliphatic carbocycles. The van der Waals surface area contributed by atoms with E-state index in [0.29, 0.717) is 0 Å². The summed E-state index contributed by atoms with van der Waals surface area (Å²) in [7, 11) is 0. The Hall–Kier alpha value is 1.37. The van der Waals surface area contributed by atoms with Crippen LogP contribution in [-0.2, 0) is 6.42 Å². The fraction of sp³-hybridized carbons (Fsp3) is 0.625. The van der Waals surface area contributed by atoms with E-state index in [9.17, 15) is 0 Å². The van der Waals surface area contributed by atoms with Crippen molar-refractivity contribution in [3.05, 3.63) is 29.8 Å². The molecule has 0 spiro atoms. The van der Waals surface area contributed by atoms with E-state index < -0.39 is 0 Å². The van der Waals surface area contributed by atoms with Crippen LogP contribution in [0.1, 0.15) is 66.7 Å². The molecule has 106 valence electrons. The first kappa shape index (κ1) is 23.6. The Morgan fingerprint density at radius 1 is 0.850 bits per heavy atom. The number of aryl methyl sites for hydroxylation is 1. The maximum atomic E-state index is 4.85. The third-order valence-electron chi connectivity index (χ3n) is 3.35. The van der Waals surface area contributed by atoms with Crippen molar-refractivity contribution >= 4 is 12.9 Å². The molecule has 1 aromatic rings. The van der Waals surface area contributed by atoms with Gasteiger partial charge in [-0.05, 0) is 30.5 Å². The van der Waals surface area contributed by atoms with Gasteiger partial charge in [-0.25, -0.2) is 0 Å². The van der Waals surface area contributed by atoms with Crippen molar-refractivity contribution in [1.29, 1.82) is 0 Å². The van der Waals surface area contributed by atoms with Crippen LogP contribution in [0.5, 0.6) is 5.75 Å². The molecule has 0 aromatic heterocycles. The van der Waals surface area contributed by atoms with Crippen LogP contribution in [0.3, 0.4) is 0 Å². The number of thiol groups is 1. The molecule has 0 heterocycles. The number of hydrogen-bond donors (Lipinski definition) is 1. The van der Waals surface area contributed by atoms with Crippen LogP contribution in [0.15, 0.2) is 24.3 Å². The Balaban J connectivity index is -0.000000405. The number of unbranched alkanes of at least 4 members (excludes halogenated alkanes) is 7. The van der Waals surface area contributed by atoms with Gasteiger partial charge in [0.2, 0.25) is 0 Å². The molecule has 0 unspecified atom stereocenters. The Bertz CT molecular complexity index is 314. The molecular formula is C16H28Na2OS. The smallest absolute Gasteiger partial charge is 1.00 e. The topological polar surface area (TPSA) is 9.23 Å². The van der Waals surface area contributed by atoms with Gasteiger partial charge in [-0.2, -0.15) is 0 Å². The van der Waals surface area contributed by atoms with Crippen LogP contribution >= 0.6 is 12.9 Å². The van der Waals surface area contributed by atoms with Crippen molar-refractivity contribution in [1.82, 2.24) is 0 Å². The van der Waals surface area contributed by atoms with Crippen LogP contribution in [0, 0.1) is 0 Å². The summed E-state index contributed by atoms with van der Waals surface area (Å²) in [6.07, 6.45) is 12.2. The van der Waals surface area contributed by atoms with Gasteiger partial charge >= 0.3 is 59.1 Å². The molecule has 1 rings (SSSR count). The molecule has 1 nitrogen and oxygen atoms in total. The zero-order chi connectivity index (χ0) is 13.1. The van der Waals surface area contributed by atoms with Gasteiger partial charge in [-0.3, -0.25) is 0 Å². The quantitative estimate of drug-likeness (QED) is 0.273. The minimum absolute atomic E-state index is 0. The molecule has 1 aromatic carbocycles. The van der Waals surface area contributed by atoms with E-state index in [2.05, 4.69) is 32.0 Å². The third-order valence-corrected chi connectivity index (χ3v) is 3.56.